The van der Waals surface area contributed by atoms with Gasteiger partial charge in [0.05, 0.1) is 12.8 Å². The Morgan fingerprint density at radius 3 is 3.04 bits per heavy atom. The summed E-state index contributed by atoms with van der Waals surface area (Å²) in [6.07, 6.45) is 1.34. The van der Waals surface area contributed by atoms with Crippen LogP contribution in [-0.2, 0) is 4.74 Å². The van der Waals surface area contributed by atoms with E-state index in [1.165, 1.54) is 11.8 Å². The van der Waals surface area contributed by atoms with Crippen molar-refractivity contribution in [3.63, 3.8) is 0 Å². The van der Waals surface area contributed by atoms with Gasteiger partial charge >= 0.3 is 11.8 Å². The van der Waals surface area contributed by atoms with Crippen molar-refractivity contribution in [3.8, 4) is 5.69 Å². The fraction of sp³-hybridized carbons (Fsp3) is 0.400. The van der Waals surface area contributed by atoms with Crippen LogP contribution in [-0.4, -0.2) is 46.0 Å². The summed E-state index contributed by atoms with van der Waals surface area (Å²) in [7, 11) is 1.36. The molecule has 3 rings (SSSR count). The fourth-order valence-corrected chi connectivity index (χ4v) is 2.99. The van der Waals surface area contributed by atoms with E-state index in [9.17, 15) is 9.59 Å². The SMILES string of the molecule is COC(=O)N1CCCC(c2nn(-c3cccc(Cl)c3)c(=O)[nH]2)C1. The lowest BCUT2D eigenvalue weighted by Gasteiger charge is -2.30. The maximum atomic E-state index is 12.2. The molecule has 1 atom stereocenters. The van der Waals surface area contributed by atoms with Crippen molar-refractivity contribution >= 4 is 17.7 Å². The Balaban J connectivity index is 1.86. The predicted molar refractivity (Wildman–Crippen MR) is 85.1 cm³/mol. The zero-order chi connectivity index (χ0) is 16.4. The lowest BCUT2D eigenvalue weighted by atomic mass is 9.98. The van der Waals surface area contributed by atoms with E-state index in [-0.39, 0.29) is 17.7 Å². The molecule has 1 amide bonds. The second kappa shape index (κ2) is 6.45. The number of hydrogen-bond acceptors (Lipinski definition) is 4. The predicted octanol–water partition coefficient (Wildman–Crippen LogP) is 2.16. The van der Waals surface area contributed by atoms with Gasteiger partial charge in [0, 0.05) is 24.0 Å². The van der Waals surface area contributed by atoms with Gasteiger partial charge in [-0.15, -0.1) is 5.10 Å². The Bertz CT molecular complexity index is 770. The summed E-state index contributed by atoms with van der Waals surface area (Å²) in [6, 6.07) is 6.94. The van der Waals surface area contributed by atoms with Crippen molar-refractivity contribution in [1.82, 2.24) is 19.7 Å². The summed E-state index contributed by atoms with van der Waals surface area (Å²) in [5, 5.41) is 4.91. The van der Waals surface area contributed by atoms with Crippen molar-refractivity contribution in [2.45, 2.75) is 18.8 Å². The molecule has 1 aromatic heterocycles. The molecule has 7 nitrogen and oxygen atoms in total. The van der Waals surface area contributed by atoms with E-state index in [0.29, 0.717) is 29.6 Å². The first-order chi connectivity index (χ1) is 11.1. The van der Waals surface area contributed by atoms with Gasteiger partial charge in [0.1, 0.15) is 5.82 Å². The van der Waals surface area contributed by atoms with Gasteiger partial charge in [-0.3, -0.25) is 4.98 Å². The number of benzene rings is 1. The lowest BCUT2D eigenvalue weighted by Crippen LogP contribution is -2.39. The van der Waals surface area contributed by atoms with Crippen molar-refractivity contribution in [3.05, 3.63) is 45.6 Å². The van der Waals surface area contributed by atoms with Crippen LogP contribution >= 0.6 is 11.6 Å². The number of nitrogens with zero attached hydrogens (tertiary/aromatic N) is 3. The average molecular weight is 337 g/mol. The number of carbonyl (C=O) groups excluding carboxylic acids is 1. The van der Waals surface area contributed by atoms with Crippen LogP contribution < -0.4 is 5.69 Å². The maximum Gasteiger partial charge on any atom is 0.409 e. The highest BCUT2D eigenvalue weighted by molar-refractivity contribution is 6.30. The van der Waals surface area contributed by atoms with Crippen LogP contribution in [0.3, 0.4) is 0 Å². The fourth-order valence-electron chi connectivity index (χ4n) is 2.80. The number of halogens is 1. The number of ether oxygens (including phenoxy) is 1. The standard InChI is InChI=1S/C15H17ClN4O3/c1-23-15(22)19-7-3-4-10(9-19)13-17-14(21)20(18-13)12-6-2-5-11(16)8-12/h2,5-6,8,10H,3-4,7,9H2,1H3,(H,17,18,21). The van der Waals surface area contributed by atoms with Gasteiger partial charge in [-0.25, -0.2) is 9.59 Å². The second-order valence-electron chi connectivity index (χ2n) is 5.46. The van der Waals surface area contributed by atoms with E-state index < -0.39 is 0 Å². The van der Waals surface area contributed by atoms with Crippen LogP contribution in [0.15, 0.2) is 29.1 Å². The molecule has 122 valence electrons. The number of hydrogen-bond donors (Lipinski definition) is 1. The minimum Gasteiger partial charge on any atom is -0.453 e. The molecule has 1 aromatic carbocycles. The summed E-state index contributed by atoms with van der Waals surface area (Å²) in [4.78, 5) is 28.2. The number of aromatic nitrogens is 3. The Hall–Kier alpha value is -2.28. The quantitative estimate of drug-likeness (QED) is 0.911. The number of methoxy groups -OCH3 is 1. The molecule has 1 N–H and O–H groups in total. The molecular weight excluding hydrogens is 320 g/mol. The average Bonchev–Trinajstić information content (AvgIpc) is 2.96. The van der Waals surface area contributed by atoms with Crippen LogP contribution in [0.4, 0.5) is 4.79 Å². The first-order valence-corrected chi connectivity index (χ1v) is 7.74. The smallest absolute Gasteiger partial charge is 0.409 e. The summed E-state index contributed by atoms with van der Waals surface area (Å²) < 4.78 is 6.05. The van der Waals surface area contributed by atoms with Crippen LogP contribution in [0.25, 0.3) is 5.69 Å². The van der Waals surface area contributed by atoms with E-state index >= 15 is 0 Å². The van der Waals surface area contributed by atoms with Crippen molar-refractivity contribution in [2.75, 3.05) is 20.2 Å². The second-order valence-corrected chi connectivity index (χ2v) is 5.90. The van der Waals surface area contributed by atoms with Gasteiger partial charge in [0.2, 0.25) is 0 Å². The third kappa shape index (κ3) is 3.24. The molecule has 0 bridgehead atoms. The topological polar surface area (TPSA) is 80.2 Å². The molecule has 0 radical (unpaired) electrons. The number of likely N-dealkylation sites (tertiary alicyclic amines) is 1. The van der Waals surface area contributed by atoms with Crippen molar-refractivity contribution in [1.29, 1.82) is 0 Å². The van der Waals surface area contributed by atoms with Gasteiger partial charge in [-0.2, -0.15) is 4.68 Å². The number of nitrogens with one attached hydrogen (secondary N) is 1. The largest absolute Gasteiger partial charge is 0.453 e. The van der Waals surface area contributed by atoms with Crippen LogP contribution in [0.2, 0.25) is 5.02 Å². The van der Waals surface area contributed by atoms with Crippen LogP contribution in [0.5, 0.6) is 0 Å². The van der Waals surface area contributed by atoms with Crippen molar-refractivity contribution < 1.29 is 9.53 Å². The molecule has 23 heavy (non-hydrogen) atoms. The number of aromatic amines is 1. The Labute approximate surface area is 137 Å². The third-order valence-electron chi connectivity index (χ3n) is 3.93. The van der Waals surface area contributed by atoms with E-state index in [0.717, 1.165) is 12.8 Å². The number of amides is 1. The normalized spacial score (nSPS) is 18.0. The summed E-state index contributed by atoms with van der Waals surface area (Å²) >= 11 is 5.96. The Morgan fingerprint density at radius 2 is 2.30 bits per heavy atom. The number of H-pyrrole nitrogens is 1. The number of rotatable bonds is 2. The van der Waals surface area contributed by atoms with E-state index in [1.807, 2.05) is 0 Å². The first-order valence-electron chi connectivity index (χ1n) is 7.36. The molecule has 1 saturated heterocycles. The molecule has 1 unspecified atom stereocenters. The lowest BCUT2D eigenvalue weighted by molar-refractivity contribution is 0.110. The van der Waals surface area contributed by atoms with Crippen LogP contribution in [0, 0.1) is 0 Å². The van der Waals surface area contributed by atoms with Gasteiger partial charge < -0.3 is 9.64 Å². The van der Waals surface area contributed by atoms with Gasteiger partial charge in [0.15, 0.2) is 0 Å². The summed E-state index contributed by atoms with van der Waals surface area (Å²) in [5.74, 6) is 0.555. The minimum absolute atomic E-state index is 0.0176. The monoisotopic (exact) mass is 336 g/mol. The third-order valence-corrected chi connectivity index (χ3v) is 4.16. The maximum absolute atomic E-state index is 12.2. The summed E-state index contributed by atoms with van der Waals surface area (Å²) in [5.41, 5.74) is 0.281. The molecule has 0 spiro atoms. The van der Waals surface area contributed by atoms with E-state index in [2.05, 4.69) is 10.1 Å². The minimum atomic E-state index is -0.355. The molecule has 1 fully saturated rings. The molecule has 2 aromatic rings. The molecule has 1 aliphatic rings. The molecule has 0 aliphatic carbocycles. The molecular formula is C15H17ClN4O3. The molecule has 0 saturated carbocycles. The molecule has 8 heteroatoms. The van der Waals surface area contributed by atoms with Gasteiger partial charge in [-0.05, 0) is 31.0 Å². The molecule has 1 aliphatic heterocycles. The zero-order valence-corrected chi connectivity index (χ0v) is 13.4. The zero-order valence-electron chi connectivity index (χ0n) is 12.7. The Kier molecular flexibility index (Phi) is 4.38. The Morgan fingerprint density at radius 1 is 1.48 bits per heavy atom. The highest BCUT2D eigenvalue weighted by atomic mass is 35.5. The first kappa shape index (κ1) is 15.6. The van der Waals surface area contributed by atoms with Gasteiger partial charge in [-0.1, -0.05) is 17.7 Å². The van der Waals surface area contributed by atoms with Gasteiger partial charge in [0.25, 0.3) is 0 Å². The van der Waals surface area contributed by atoms with E-state index in [4.69, 9.17) is 16.3 Å². The highest BCUT2D eigenvalue weighted by Gasteiger charge is 2.27. The molecule has 2 heterocycles. The van der Waals surface area contributed by atoms with E-state index in [1.54, 1.807) is 29.2 Å². The van der Waals surface area contributed by atoms with Crippen molar-refractivity contribution in [2.24, 2.45) is 0 Å². The summed E-state index contributed by atoms with van der Waals surface area (Å²) in [6.45, 7) is 1.14. The highest BCUT2D eigenvalue weighted by Crippen LogP contribution is 2.24. The number of piperidine rings is 1. The number of carbonyl (C=O) groups is 1. The van der Waals surface area contributed by atoms with Crippen LogP contribution in [0.1, 0.15) is 24.6 Å².